The van der Waals surface area contributed by atoms with Gasteiger partial charge >= 0.3 is 0 Å². The highest BCUT2D eigenvalue weighted by Crippen LogP contribution is 2.08. The standard InChI is InChI=1S/C18H18N6O/c25-18(22-11-10-21-17-13-19-8-9-20-17)7-6-15-12-23-24(14-15)16-4-2-1-3-5-16/h1-9,12-14H,10-11H2,(H,20,21)(H,22,25)/b7-6+. The van der Waals surface area contributed by atoms with Crippen molar-refractivity contribution in [1.29, 1.82) is 0 Å². The van der Waals surface area contributed by atoms with E-state index in [0.29, 0.717) is 18.9 Å². The number of nitrogens with zero attached hydrogens (tertiary/aromatic N) is 4. The average molecular weight is 334 g/mol. The molecule has 0 aliphatic heterocycles. The minimum atomic E-state index is -0.159. The Bertz CT molecular complexity index is 829. The molecule has 0 radical (unpaired) electrons. The Kier molecular flexibility index (Phi) is 5.50. The van der Waals surface area contributed by atoms with Crippen molar-refractivity contribution < 1.29 is 4.79 Å². The van der Waals surface area contributed by atoms with Crippen LogP contribution in [0.2, 0.25) is 0 Å². The van der Waals surface area contributed by atoms with Gasteiger partial charge in [0.15, 0.2) is 0 Å². The van der Waals surface area contributed by atoms with E-state index in [2.05, 4.69) is 25.7 Å². The van der Waals surface area contributed by atoms with E-state index < -0.39 is 0 Å². The van der Waals surface area contributed by atoms with Gasteiger partial charge in [-0.05, 0) is 18.2 Å². The van der Waals surface area contributed by atoms with Gasteiger partial charge in [0.2, 0.25) is 5.91 Å². The first kappa shape index (κ1) is 16.4. The van der Waals surface area contributed by atoms with Crippen LogP contribution in [0.25, 0.3) is 11.8 Å². The zero-order valence-electron chi connectivity index (χ0n) is 13.5. The quantitative estimate of drug-likeness (QED) is 0.509. The van der Waals surface area contributed by atoms with E-state index in [9.17, 15) is 4.79 Å². The molecule has 0 fully saturated rings. The summed E-state index contributed by atoms with van der Waals surface area (Å²) >= 11 is 0. The van der Waals surface area contributed by atoms with Crippen molar-refractivity contribution in [2.24, 2.45) is 0 Å². The van der Waals surface area contributed by atoms with Gasteiger partial charge in [0.1, 0.15) is 5.82 Å². The molecule has 0 unspecified atom stereocenters. The van der Waals surface area contributed by atoms with Crippen molar-refractivity contribution >= 4 is 17.8 Å². The smallest absolute Gasteiger partial charge is 0.244 e. The van der Waals surface area contributed by atoms with Gasteiger partial charge in [-0.2, -0.15) is 5.10 Å². The maximum absolute atomic E-state index is 11.8. The average Bonchev–Trinajstić information content (AvgIpc) is 3.14. The summed E-state index contributed by atoms with van der Waals surface area (Å²) in [5, 5.41) is 10.2. The number of anilines is 1. The minimum absolute atomic E-state index is 0.159. The Morgan fingerprint density at radius 1 is 1.12 bits per heavy atom. The fourth-order valence-electron chi connectivity index (χ4n) is 2.14. The van der Waals surface area contributed by atoms with E-state index in [1.54, 1.807) is 35.5 Å². The fraction of sp³-hybridized carbons (Fsp3) is 0.111. The summed E-state index contributed by atoms with van der Waals surface area (Å²) in [6.07, 6.45) is 11.7. The predicted molar refractivity (Wildman–Crippen MR) is 96.1 cm³/mol. The molecule has 0 saturated carbocycles. The lowest BCUT2D eigenvalue weighted by molar-refractivity contribution is -0.116. The zero-order chi connectivity index (χ0) is 17.3. The molecule has 2 N–H and O–H groups in total. The molecule has 0 atom stereocenters. The normalized spacial score (nSPS) is 10.7. The molecule has 2 heterocycles. The van der Waals surface area contributed by atoms with E-state index in [0.717, 1.165) is 11.3 Å². The van der Waals surface area contributed by atoms with Crippen molar-refractivity contribution in [2.45, 2.75) is 0 Å². The van der Waals surface area contributed by atoms with Crippen LogP contribution in [0.4, 0.5) is 5.82 Å². The number of aromatic nitrogens is 4. The molecule has 3 rings (SSSR count). The van der Waals surface area contributed by atoms with E-state index in [1.165, 1.54) is 6.08 Å². The largest absolute Gasteiger partial charge is 0.367 e. The molecule has 0 bridgehead atoms. The predicted octanol–water partition coefficient (Wildman–Crippen LogP) is 1.90. The summed E-state index contributed by atoms with van der Waals surface area (Å²) in [7, 11) is 0. The van der Waals surface area contributed by atoms with Gasteiger partial charge in [-0.25, -0.2) is 9.67 Å². The van der Waals surface area contributed by atoms with Crippen molar-refractivity contribution in [2.75, 3.05) is 18.4 Å². The van der Waals surface area contributed by atoms with Gasteiger partial charge in [-0.1, -0.05) is 18.2 Å². The molecule has 0 aliphatic carbocycles. The van der Waals surface area contributed by atoms with Crippen LogP contribution in [0, 0.1) is 0 Å². The van der Waals surface area contributed by atoms with Crippen molar-refractivity contribution in [3.63, 3.8) is 0 Å². The number of hydrogen-bond acceptors (Lipinski definition) is 5. The van der Waals surface area contributed by atoms with Crippen molar-refractivity contribution in [3.05, 3.63) is 73.0 Å². The molecule has 1 aromatic carbocycles. The lowest BCUT2D eigenvalue weighted by Crippen LogP contribution is -2.27. The Morgan fingerprint density at radius 2 is 2.00 bits per heavy atom. The van der Waals surface area contributed by atoms with Gasteiger partial charge in [0, 0.05) is 43.3 Å². The molecular weight excluding hydrogens is 316 g/mol. The van der Waals surface area contributed by atoms with Gasteiger partial charge in [0.05, 0.1) is 18.1 Å². The van der Waals surface area contributed by atoms with E-state index >= 15 is 0 Å². The topological polar surface area (TPSA) is 84.7 Å². The first-order chi connectivity index (χ1) is 12.3. The highest BCUT2D eigenvalue weighted by molar-refractivity contribution is 5.91. The second-order valence-corrected chi connectivity index (χ2v) is 5.20. The van der Waals surface area contributed by atoms with Gasteiger partial charge in [0.25, 0.3) is 0 Å². The second-order valence-electron chi connectivity index (χ2n) is 5.20. The second kappa shape index (κ2) is 8.39. The summed E-state index contributed by atoms with van der Waals surface area (Å²) in [5.41, 5.74) is 1.83. The number of hydrogen-bond donors (Lipinski definition) is 2. The number of carbonyl (C=O) groups is 1. The third-order valence-corrected chi connectivity index (χ3v) is 3.34. The molecule has 25 heavy (non-hydrogen) atoms. The van der Waals surface area contributed by atoms with Crippen LogP contribution in [0.5, 0.6) is 0 Å². The maximum atomic E-state index is 11.8. The molecule has 7 nitrogen and oxygen atoms in total. The molecule has 0 spiro atoms. The Hall–Kier alpha value is -3.48. The molecule has 3 aromatic rings. The molecule has 7 heteroatoms. The summed E-state index contributed by atoms with van der Waals surface area (Å²) in [6.45, 7) is 1.06. The van der Waals surface area contributed by atoms with Crippen LogP contribution in [-0.4, -0.2) is 38.7 Å². The maximum Gasteiger partial charge on any atom is 0.244 e. The zero-order valence-corrected chi connectivity index (χ0v) is 13.5. The lowest BCUT2D eigenvalue weighted by atomic mass is 10.3. The summed E-state index contributed by atoms with van der Waals surface area (Å²) in [6, 6.07) is 9.80. The molecule has 0 aliphatic rings. The third-order valence-electron chi connectivity index (χ3n) is 3.34. The van der Waals surface area contributed by atoms with Crippen LogP contribution in [-0.2, 0) is 4.79 Å². The minimum Gasteiger partial charge on any atom is -0.367 e. The van der Waals surface area contributed by atoms with Gasteiger partial charge < -0.3 is 10.6 Å². The summed E-state index contributed by atoms with van der Waals surface area (Å²) < 4.78 is 1.77. The van der Waals surface area contributed by atoms with Gasteiger partial charge in [-0.15, -0.1) is 0 Å². The van der Waals surface area contributed by atoms with Crippen molar-refractivity contribution in [1.82, 2.24) is 25.1 Å². The number of benzene rings is 1. The molecule has 0 saturated heterocycles. The number of rotatable bonds is 7. The summed E-state index contributed by atoms with van der Waals surface area (Å²) in [5.74, 6) is 0.522. The lowest BCUT2D eigenvalue weighted by Gasteiger charge is -2.04. The Labute approximate surface area is 145 Å². The third kappa shape index (κ3) is 5.00. The van der Waals surface area contributed by atoms with Crippen LogP contribution in [0.1, 0.15) is 5.56 Å². The number of amides is 1. The highest BCUT2D eigenvalue weighted by Gasteiger charge is 1.99. The van der Waals surface area contributed by atoms with Crippen LogP contribution in [0.15, 0.2) is 67.4 Å². The molecule has 126 valence electrons. The molecule has 1 amide bonds. The fourth-order valence-corrected chi connectivity index (χ4v) is 2.14. The number of carbonyl (C=O) groups excluding carboxylic acids is 1. The van der Waals surface area contributed by atoms with Gasteiger partial charge in [-0.3, -0.25) is 9.78 Å². The van der Waals surface area contributed by atoms with Crippen LogP contribution < -0.4 is 10.6 Å². The Balaban J connectivity index is 1.44. The summed E-state index contributed by atoms with van der Waals surface area (Å²) in [4.78, 5) is 19.9. The monoisotopic (exact) mass is 334 g/mol. The van der Waals surface area contributed by atoms with Crippen LogP contribution in [0.3, 0.4) is 0 Å². The molecule has 2 aromatic heterocycles. The highest BCUT2D eigenvalue weighted by atomic mass is 16.1. The Morgan fingerprint density at radius 3 is 2.80 bits per heavy atom. The van der Waals surface area contributed by atoms with E-state index in [1.807, 2.05) is 36.5 Å². The first-order valence-corrected chi connectivity index (χ1v) is 7.87. The van der Waals surface area contributed by atoms with Crippen molar-refractivity contribution in [3.8, 4) is 5.69 Å². The molecular formula is C18H18N6O. The first-order valence-electron chi connectivity index (χ1n) is 7.87. The SMILES string of the molecule is O=C(/C=C/c1cnn(-c2ccccc2)c1)NCCNc1cnccn1. The number of para-hydroxylation sites is 1. The van der Waals surface area contributed by atoms with Crippen LogP contribution >= 0.6 is 0 Å². The van der Waals surface area contributed by atoms with E-state index in [4.69, 9.17) is 0 Å². The van der Waals surface area contributed by atoms with E-state index in [-0.39, 0.29) is 5.91 Å². The number of nitrogens with one attached hydrogen (secondary N) is 2.